The molecule has 2 aromatic rings. The van der Waals surface area contributed by atoms with Crippen LogP contribution in [0.2, 0.25) is 0 Å². The van der Waals surface area contributed by atoms with Gasteiger partial charge in [0, 0.05) is 43.6 Å². The Morgan fingerprint density at radius 2 is 1.28 bits per heavy atom. The van der Waals surface area contributed by atoms with E-state index in [0.29, 0.717) is 30.5 Å². The molecule has 2 unspecified atom stereocenters. The molecule has 4 N–H and O–H groups in total. The van der Waals surface area contributed by atoms with Gasteiger partial charge in [0.05, 0.1) is 33.6 Å². The van der Waals surface area contributed by atoms with Crippen molar-refractivity contribution < 1.29 is 64.8 Å². The molecule has 2 aliphatic rings. The van der Waals surface area contributed by atoms with Crippen LogP contribution in [-0.4, -0.2) is 86.8 Å². The molecular weight excluding hydrogens is 655 g/mol. The van der Waals surface area contributed by atoms with Gasteiger partial charge in [-0.3, -0.25) is 24.0 Å². The quantitative estimate of drug-likeness (QED) is 0.157. The smallest absolute Gasteiger partial charge is 0.453 e. The van der Waals surface area contributed by atoms with Crippen molar-refractivity contribution in [1.29, 1.82) is 0 Å². The highest BCUT2D eigenvalue weighted by molar-refractivity contribution is 7.55. The molecule has 2 fully saturated rings. The van der Waals surface area contributed by atoms with Crippen molar-refractivity contribution in [3.63, 3.8) is 0 Å². The summed E-state index contributed by atoms with van der Waals surface area (Å²) in [5, 5.41) is 7.25. The molecule has 0 bridgehead atoms. The molecule has 0 aromatic heterocycles. The number of carbonyl (C=O) groups is 5. The maximum atomic E-state index is 14.7. The Morgan fingerprint density at radius 3 is 1.70 bits per heavy atom. The molecule has 2 heterocycles. The van der Waals surface area contributed by atoms with Gasteiger partial charge in [0.25, 0.3) is 17.7 Å². The van der Waals surface area contributed by atoms with Gasteiger partial charge in [-0.05, 0) is 61.4 Å². The average molecular weight is 695 g/mol. The third-order valence-electron chi connectivity index (χ3n) is 7.74. The van der Waals surface area contributed by atoms with Gasteiger partial charge < -0.3 is 51.8 Å². The van der Waals surface area contributed by atoms with Crippen molar-refractivity contribution in [3.05, 3.63) is 59.7 Å². The van der Waals surface area contributed by atoms with E-state index in [1.807, 2.05) is 5.32 Å². The lowest BCUT2D eigenvalue weighted by Gasteiger charge is -2.31. The van der Waals surface area contributed by atoms with E-state index in [1.165, 1.54) is 62.8 Å². The van der Waals surface area contributed by atoms with Gasteiger partial charge in [-0.15, -0.1) is 0 Å². The van der Waals surface area contributed by atoms with Crippen molar-refractivity contribution in [2.45, 2.75) is 50.3 Å². The Morgan fingerprint density at radius 1 is 0.787 bits per heavy atom. The summed E-state index contributed by atoms with van der Waals surface area (Å²) in [5.41, 5.74) is 0.589. The van der Waals surface area contributed by atoms with E-state index in [4.69, 9.17) is 9.05 Å². The molecule has 256 valence electrons. The van der Waals surface area contributed by atoms with E-state index >= 15 is 0 Å². The van der Waals surface area contributed by atoms with Crippen LogP contribution in [0.3, 0.4) is 0 Å². The third-order valence-corrected chi connectivity index (χ3v) is 9.94. The Labute approximate surface area is 279 Å². The number of halogens is 1. The van der Waals surface area contributed by atoms with Crippen molar-refractivity contribution in [2.75, 3.05) is 40.4 Å². The number of methoxy groups -OCH3 is 2. The second-order valence-corrected chi connectivity index (χ2v) is 12.9. The van der Waals surface area contributed by atoms with Gasteiger partial charge in [0.1, 0.15) is 11.5 Å². The largest absolute Gasteiger partial charge is 1.00 e. The molecular formula is C31H40ClN4O10P. The number of hydrogen-bond acceptors (Lipinski definition) is 10. The Kier molecular flexibility index (Phi) is 14.1. The fraction of sp³-hybridized carbons (Fsp3) is 0.452. The molecule has 2 saturated heterocycles. The molecule has 2 aromatic carbocycles. The summed E-state index contributed by atoms with van der Waals surface area (Å²) in [5.74, 6) is -2.33. The van der Waals surface area contributed by atoms with Gasteiger partial charge in [0.2, 0.25) is 0 Å². The first-order valence-electron chi connectivity index (χ1n) is 15.2. The van der Waals surface area contributed by atoms with Crippen molar-refractivity contribution in [2.24, 2.45) is 0 Å². The highest BCUT2D eigenvalue weighted by Crippen LogP contribution is 2.57. The number of carbonyl (C=O) groups excluding carboxylic acids is 5. The third kappa shape index (κ3) is 10.2. The molecule has 47 heavy (non-hydrogen) atoms. The van der Waals surface area contributed by atoms with Gasteiger partial charge in [-0.25, -0.2) is 4.57 Å². The number of nitrogens with two attached hydrogens (primary N) is 1. The lowest BCUT2D eigenvalue weighted by atomic mass is 10.2. The second-order valence-electron chi connectivity index (χ2n) is 10.9. The summed E-state index contributed by atoms with van der Waals surface area (Å²) in [4.78, 5) is 62.7. The number of likely N-dealkylation sites (tertiary alicyclic amines) is 1. The zero-order chi connectivity index (χ0) is 33.1. The van der Waals surface area contributed by atoms with E-state index in [-0.39, 0.29) is 61.8 Å². The standard InChI is InChI=1S/C31H39N4O10P.ClH/c1-42-27(36)15-18-33-29(38)21-7-11-23(12-8-21)44-46(41,26-6-4-20-35(26)31(40)25-5-3-17-32-25)45-24-13-9-22(10-14-24)30(39)34-19-16-28(37)43-2;/h7-14,25-26,32H,3-6,15-20H2,1-2H3,(H,33,38)(H,34,39);1H. The number of benzene rings is 2. The van der Waals surface area contributed by atoms with E-state index in [9.17, 15) is 28.5 Å². The minimum Gasteiger partial charge on any atom is -1.00 e. The van der Waals surface area contributed by atoms with Gasteiger partial charge in [-0.1, -0.05) is 0 Å². The first kappa shape index (κ1) is 37.3. The number of amides is 3. The summed E-state index contributed by atoms with van der Waals surface area (Å²) in [6.07, 6.45) is 2.73. The molecule has 0 aliphatic carbocycles. The van der Waals surface area contributed by atoms with Crippen LogP contribution in [0.1, 0.15) is 59.2 Å². The first-order chi connectivity index (χ1) is 22.1. The first-order valence-corrected chi connectivity index (χ1v) is 16.8. The minimum absolute atomic E-state index is 0. The summed E-state index contributed by atoms with van der Waals surface area (Å²) in [6, 6.07) is 11.7. The van der Waals surface area contributed by atoms with Crippen LogP contribution in [0.15, 0.2) is 48.5 Å². The highest BCUT2D eigenvalue weighted by atomic mass is 35.5. The molecule has 0 saturated carbocycles. The summed E-state index contributed by atoms with van der Waals surface area (Å²) in [6.45, 7) is 1.47. The Hall–Kier alpha value is -4.13. The van der Waals surface area contributed by atoms with Crippen molar-refractivity contribution >= 4 is 37.3 Å². The average Bonchev–Trinajstić information content (AvgIpc) is 3.79. The predicted octanol–water partition coefficient (Wildman–Crippen LogP) is -1.40. The van der Waals surface area contributed by atoms with Gasteiger partial charge in [-0.2, -0.15) is 0 Å². The number of esters is 2. The number of rotatable bonds is 14. The predicted molar refractivity (Wildman–Crippen MR) is 164 cm³/mol. The number of nitrogens with zero attached hydrogens (tertiary/aromatic N) is 1. The van der Waals surface area contributed by atoms with Crippen LogP contribution < -0.4 is 37.4 Å². The fourth-order valence-electron chi connectivity index (χ4n) is 5.28. The SMILES string of the molecule is COC(=O)CCNC(=O)c1ccc(OP(=O)(Oc2ccc(C(=O)NCCC(=O)OC)cc2)C2CCCN2C(=O)C2CCC[NH2+]2)cc1.[Cl-]. The van der Waals surface area contributed by atoms with E-state index in [1.54, 1.807) is 4.90 Å². The maximum Gasteiger partial charge on any atom is 0.453 e. The summed E-state index contributed by atoms with van der Waals surface area (Å²) < 4.78 is 36.0. The Bertz CT molecular complexity index is 1370. The molecule has 4 rings (SSSR count). The highest BCUT2D eigenvalue weighted by Gasteiger charge is 2.49. The number of hydrogen-bond donors (Lipinski definition) is 3. The topological polar surface area (TPSA) is 183 Å². The second kappa shape index (κ2) is 17.7. The molecule has 2 aliphatic heterocycles. The molecule has 3 amide bonds. The molecule has 0 spiro atoms. The molecule has 2 atom stereocenters. The zero-order valence-electron chi connectivity index (χ0n) is 26.3. The van der Waals surface area contributed by atoms with E-state index in [0.717, 1.165) is 19.4 Å². The zero-order valence-corrected chi connectivity index (χ0v) is 27.9. The lowest BCUT2D eigenvalue weighted by molar-refractivity contribution is -0.658. The Balaban J connectivity index is 0.00000600. The number of nitrogens with one attached hydrogen (secondary N) is 2. The van der Waals surface area contributed by atoms with Crippen molar-refractivity contribution in [1.82, 2.24) is 15.5 Å². The maximum absolute atomic E-state index is 14.7. The van der Waals surface area contributed by atoms with Crippen LogP contribution in [0.5, 0.6) is 11.5 Å². The monoisotopic (exact) mass is 694 g/mol. The minimum atomic E-state index is -4.12. The van der Waals surface area contributed by atoms with Crippen LogP contribution >= 0.6 is 7.60 Å². The molecule has 14 nitrogen and oxygen atoms in total. The van der Waals surface area contributed by atoms with Crippen molar-refractivity contribution in [3.8, 4) is 11.5 Å². The van der Waals surface area contributed by atoms with Gasteiger partial charge >= 0.3 is 19.5 Å². The molecule has 0 radical (unpaired) electrons. The number of quaternary nitrogens is 1. The lowest BCUT2D eigenvalue weighted by Crippen LogP contribution is -3.00. The summed E-state index contributed by atoms with van der Waals surface area (Å²) in [7, 11) is -1.58. The van der Waals surface area contributed by atoms with Crippen LogP contribution in [0.25, 0.3) is 0 Å². The van der Waals surface area contributed by atoms with Crippen LogP contribution in [-0.2, 0) is 28.4 Å². The van der Waals surface area contributed by atoms with Gasteiger partial charge in [0.15, 0.2) is 11.8 Å². The van der Waals surface area contributed by atoms with Crippen LogP contribution in [0, 0.1) is 0 Å². The number of ether oxygens (including phenoxy) is 2. The normalized spacial score (nSPS) is 17.2. The molecule has 16 heteroatoms. The fourth-order valence-corrected chi connectivity index (χ4v) is 7.46. The summed E-state index contributed by atoms with van der Waals surface area (Å²) >= 11 is 0. The van der Waals surface area contributed by atoms with Crippen LogP contribution in [0.4, 0.5) is 0 Å². The van der Waals surface area contributed by atoms with E-state index < -0.39 is 37.1 Å². The van der Waals surface area contributed by atoms with E-state index in [2.05, 4.69) is 20.1 Å².